The van der Waals surface area contributed by atoms with Crippen molar-refractivity contribution in [1.29, 1.82) is 0 Å². The second kappa shape index (κ2) is 5.68. The minimum Gasteiger partial charge on any atom is -0.330 e. The number of rotatable bonds is 4. The van der Waals surface area contributed by atoms with Gasteiger partial charge in [-0.05, 0) is 12.1 Å². The van der Waals surface area contributed by atoms with Gasteiger partial charge in [0, 0.05) is 23.3 Å². The average Bonchev–Trinajstić information content (AvgIpc) is 2.19. The third kappa shape index (κ3) is 4.16. The van der Waals surface area contributed by atoms with Gasteiger partial charge in [0.15, 0.2) is 0 Å². The molecular formula is C10H10F5NS. The molecule has 1 nitrogen and oxygen atoms in total. The lowest BCUT2D eigenvalue weighted by Crippen LogP contribution is -2.32. The topological polar surface area (TPSA) is 26.0 Å². The Morgan fingerprint density at radius 2 is 1.88 bits per heavy atom. The second-order valence-electron chi connectivity index (χ2n) is 3.36. The first kappa shape index (κ1) is 14.2. The van der Waals surface area contributed by atoms with Crippen LogP contribution in [0.1, 0.15) is 0 Å². The van der Waals surface area contributed by atoms with Crippen molar-refractivity contribution >= 4 is 11.8 Å². The first-order chi connectivity index (χ1) is 7.84. The number of hydrogen-bond donors (Lipinski definition) is 1. The van der Waals surface area contributed by atoms with Crippen LogP contribution >= 0.6 is 11.8 Å². The van der Waals surface area contributed by atoms with Crippen LogP contribution in [0.3, 0.4) is 0 Å². The molecule has 0 saturated carbocycles. The van der Waals surface area contributed by atoms with Gasteiger partial charge < -0.3 is 5.73 Å². The van der Waals surface area contributed by atoms with E-state index in [9.17, 15) is 22.0 Å². The Morgan fingerprint density at radius 1 is 1.24 bits per heavy atom. The monoisotopic (exact) mass is 271 g/mol. The molecule has 0 aliphatic rings. The van der Waals surface area contributed by atoms with E-state index in [2.05, 4.69) is 0 Å². The van der Waals surface area contributed by atoms with E-state index < -0.39 is 30.3 Å². The smallest absolute Gasteiger partial charge is 0.330 e. The highest BCUT2D eigenvalue weighted by Crippen LogP contribution is 2.32. The van der Waals surface area contributed by atoms with Crippen LogP contribution in [0, 0.1) is 17.6 Å². The fourth-order valence-corrected chi connectivity index (χ4v) is 2.15. The maximum absolute atomic E-state index is 13.1. The van der Waals surface area contributed by atoms with E-state index >= 15 is 0 Å². The molecule has 2 N–H and O–H groups in total. The summed E-state index contributed by atoms with van der Waals surface area (Å²) >= 11 is 0.674. The summed E-state index contributed by atoms with van der Waals surface area (Å²) in [6.07, 6.45) is -4.40. The van der Waals surface area contributed by atoms with E-state index in [0.29, 0.717) is 17.8 Å². The van der Waals surface area contributed by atoms with Crippen LogP contribution in [-0.4, -0.2) is 18.5 Å². The number of nitrogens with two attached hydrogens (primary N) is 1. The van der Waals surface area contributed by atoms with Crippen LogP contribution in [-0.2, 0) is 0 Å². The fraction of sp³-hybridized carbons (Fsp3) is 0.400. The summed E-state index contributed by atoms with van der Waals surface area (Å²) < 4.78 is 62.7. The standard InChI is InChI=1S/C10H10F5NS/c11-7-1-2-9(8(12)3-7)17-5-6(4-16)10(13,14)15/h1-3,6H,4-5,16H2. The zero-order chi connectivity index (χ0) is 13.1. The molecule has 0 heterocycles. The molecule has 0 amide bonds. The van der Waals surface area contributed by atoms with E-state index in [0.717, 1.165) is 12.1 Å². The Labute approximate surface area is 99.2 Å². The van der Waals surface area contributed by atoms with Crippen LogP contribution in [0.2, 0.25) is 0 Å². The number of halogens is 5. The Morgan fingerprint density at radius 3 is 2.35 bits per heavy atom. The van der Waals surface area contributed by atoms with Gasteiger partial charge in [-0.25, -0.2) is 8.78 Å². The molecule has 0 radical (unpaired) electrons. The molecule has 17 heavy (non-hydrogen) atoms. The molecule has 0 aromatic heterocycles. The van der Waals surface area contributed by atoms with Crippen molar-refractivity contribution in [2.24, 2.45) is 11.7 Å². The molecule has 96 valence electrons. The van der Waals surface area contributed by atoms with Gasteiger partial charge in [-0.1, -0.05) is 0 Å². The van der Waals surface area contributed by atoms with Crippen molar-refractivity contribution in [3.8, 4) is 0 Å². The van der Waals surface area contributed by atoms with E-state index in [1.54, 1.807) is 0 Å². The lowest BCUT2D eigenvalue weighted by Gasteiger charge is -2.17. The van der Waals surface area contributed by atoms with Crippen LogP contribution in [0.25, 0.3) is 0 Å². The molecule has 0 saturated heterocycles. The summed E-state index contributed by atoms with van der Waals surface area (Å²) in [5.74, 6) is -3.72. The normalized spacial score (nSPS) is 13.8. The minimum absolute atomic E-state index is 0.0194. The van der Waals surface area contributed by atoms with Crippen LogP contribution in [0.15, 0.2) is 23.1 Å². The van der Waals surface area contributed by atoms with Crippen LogP contribution < -0.4 is 5.73 Å². The summed E-state index contributed by atoms with van der Waals surface area (Å²) in [5.41, 5.74) is 5.00. The third-order valence-corrected chi connectivity index (χ3v) is 3.29. The Kier molecular flexibility index (Phi) is 4.76. The lowest BCUT2D eigenvalue weighted by molar-refractivity contribution is -0.165. The van der Waals surface area contributed by atoms with Gasteiger partial charge in [0.2, 0.25) is 0 Å². The molecule has 1 atom stereocenters. The molecule has 0 fully saturated rings. The van der Waals surface area contributed by atoms with Gasteiger partial charge in [0.05, 0.1) is 5.92 Å². The lowest BCUT2D eigenvalue weighted by atomic mass is 10.2. The second-order valence-corrected chi connectivity index (χ2v) is 4.42. The summed E-state index contributed by atoms with van der Waals surface area (Å²) in [6, 6.07) is 2.74. The molecular weight excluding hydrogens is 261 g/mol. The Balaban J connectivity index is 2.66. The maximum Gasteiger partial charge on any atom is 0.393 e. The number of hydrogen-bond acceptors (Lipinski definition) is 2. The van der Waals surface area contributed by atoms with Gasteiger partial charge in [0.25, 0.3) is 0 Å². The Hall–Kier alpha value is -0.820. The summed E-state index contributed by atoms with van der Waals surface area (Å²) in [7, 11) is 0. The average molecular weight is 271 g/mol. The van der Waals surface area contributed by atoms with Crippen molar-refractivity contribution in [3.63, 3.8) is 0 Å². The van der Waals surface area contributed by atoms with E-state index in [1.807, 2.05) is 0 Å². The van der Waals surface area contributed by atoms with Gasteiger partial charge in [-0.2, -0.15) is 13.2 Å². The maximum atomic E-state index is 13.1. The van der Waals surface area contributed by atoms with Crippen molar-refractivity contribution in [2.45, 2.75) is 11.1 Å². The quantitative estimate of drug-likeness (QED) is 0.672. The SMILES string of the molecule is NCC(CSc1ccc(F)cc1F)C(F)(F)F. The number of benzene rings is 1. The highest BCUT2D eigenvalue weighted by molar-refractivity contribution is 7.99. The zero-order valence-electron chi connectivity index (χ0n) is 8.60. The molecule has 1 unspecified atom stereocenters. The van der Waals surface area contributed by atoms with Crippen LogP contribution in [0.4, 0.5) is 22.0 Å². The number of thioether (sulfide) groups is 1. The van der Waals surface area contributed by atoms with E-state index in [4.69, 9.17) is 5.73 Å². The summed E-state index contributed by atoms with van der Waals surface area (Å²) in [6.45, 7) is -0.556. The van der Waals surface area contributed by atoms with Gasteiger partial charge >= 0.3 is 6.18 Å². The highest BCUT2D eigenvalue weighted by Gasteiger charge is 2.38. The molecule has 1 rings (SSSR count). The predicted octanol–water partition coefficient (Wildman–Crippen LogP) is 3.19. The highest BCUT2D eigenvalue weighted by atomic mass is 32.2. The molecule has 0 spiro atoms. The fourth-order valence-electron chi connectivity index (χ4n) is 1.08. The summed E-state index contributed by atoms with van der Waals surface area (Å²) in [5, 5.41) is 0. The van der Waals surface area contributed by atoms with Crippen molar-refractivity contribution in [2.75, 3.05) is 12.3 Å². The largest absolute Gasteiger partial charge is 0.393 e. The number of alkyl halides is 3. The molecule has 0 bridgehead atoms. The Bertz CT molecular complexity index is 379. The molecule has 7 heteroatoms. The summed E-state index contributed by atoms with van der Waals surface area (Å²) in [4.78, 5) is -0.0194. The predicted molar refractivity (Wildman–Crippen MR) is 55.7 cm³/mol. The van der Waals surface area contributed by atoms with Gasteiger partial charge in [-0.3, -0.25) is 0 Å². The molecule has 0 aliphatic carbocycles. The molecule has 0 aliphatic heterocycles. The minimum atomic E-state index is -4.40. The van der Waals surface area contributed by atoms with E-state index in [1.165, 1.54) is 0 Å². The van der Waals surface area contributed by atoms with Crippen molar-refractivity contribution in [3.05, 3.63) is 29.8 Å². The molecule has 1 aromatic carbocycles. The van der Waals surface area contributed by atoms with Gasteiger partial charge in [-0.15, -0.1) is 11.8 Å². The first-order valence-corrected chi connectivity index (χ1v) is 5.67. The zero-order valence-corrected chi connectivity index (χ0v) is 9.42. The van der Waals surface area contributed by atoms with Crippen molar-refractivity contribution < 1.29 is 22.0 Å². The van der Waals surface area contributed by atoms with E-state index in [-0.39, 0.29) is 10.6 Å². The molecule has 1 aromatic rings. The first-order valence-electron chi connectivity index (χ1n) is 4.69. The van der Waals surface area contributed by atoms with Gasteiger partial charge in [0.1, 0.15) is 11.6 Å². The van der Waals surface area contributed by atoms with Crippen LogP contribution in [0.5, 0.6) is 0 Å². The van der Waals surface area contributed by atoms with Crippen molar-refractivity contribution in [1.82, 2.24) is 0 Å². The third-order valence-electron chi connectivity index (χ3n) is 2.08.